The average Bonchev–Trinajstić information content (AvgIpc) is 2.89. The molecule has 0 saturated carbocycles. The first-order valence-electron chi connectivity index (χ1n) is 6.73. The SMILES string of the molecule is N#Cc1ccnc(N2C[C@H](O)C[C@@H]2c2cccc(F)c2)c1. The van der Waals surface area contributed by atoms with Crippen molar-refractivity contribution in [1.29, 1.82) is 5.26 Å². The molecule has 0 aliphatic carbocycles. The zero-order chi connectivity index (χ0) is 14.8. The van der Waals surface area contributed by atoms with Crippen molar-refractivity contribution in [2.24, 2.45) is 0 Å². The quantitative estimate of drug-likeness (QED) is 0.919. The Morgan fingerprint density at radius 1 is 1.33 bits per heavy atom. The third-order valence-electron chi connectivity index (χ3n) is 3.68. The smallest absolute Gasteiger partial charge is 0.130 e. The Labute approximate surface area is 122 Å². The molecule has 21 heavy (non-hydrogen) atoms. The minimum atomic E-state index is -0.495. The highest BCUT2D eigenvalue weighted by molar-refractivity contribution is 5.48. The normalized spacial score (nSPS) is 21.3. The summed E-state index contributed by atoms with van der Waals surface area (Å²) in [6.07, 6.45) is 1.59. The number of benzene rings is 1. The summed E-state index contributed by atoms with van der Waals surface area (Å²) in [6.45, 7) is 0.420. The molecule has 1 fully saturated rings. The first kappa shape index (κ1) is 13.5. The van der Waals surface area contributed by atoms with Crippen molar-refractivity contribution >= 4 is 5.82 Å². The molecule has 2 atom stereocenters. The van der Waals surface area contributed by atoms with E-state index < -0.39 is 6.10 Å². The second-order valence-electron chi connectivity index (χ2n) is 5.13. The molecule has 3 rings (SSSR count). The van der Waals surface area contributed by atoms with Crippen molar-refractivity contribution in [2.75, 3.05) is 11.4 Å². The number of nitrogens with zero attached hydrogens (tertiary/aromatic N) is 3. The van der Waals surface area contributed by atoms with Gasteiger partial charge in [-0.15, -0.1) is 0 Å². The lowest BCUT2D eigenvalue weighted by molar-refractivity contribution is 0.194. The summed E-state index contributed by atoms with van der Waals surface area (Å²) in [5.74, 6) is 0.326. The molecule has 0 amide bonds. The summed E-state index contributed by atoms with van der Waals surface area (Å²) in [4.78, 5) is 6.19. The van der Waals surface area contributed by atoms with Gasteiger partial charge in [0.1, 0.15) is 11.6 Å². The largest absolute Gasteiger partial charge is 0.391 e. The van der Waals surface area contributed by atoms with Crippen molar-refractivity contribution in [1.82, 2.24) is 4.98 Å². The van der Waals surface area contributed by atoms with Gasteiger partial charge in [0, 0.05) is 12.7 Å². The van der Waals surface area contributed by atoms with E-state index in [0.717, 1.165) is 5.56 Å². The van der Waals surface area contributed by atoms with Crippen LogP contribution in [0.1, 0.15) is 23.6 Å². The second kappa shape index (κ2) is 5.51. The van der Waals surface area contributed by atoms with Crippen LogP contribution < -0.4 is 4.90 Å². The van der Waals surface area contributed by atoms with E-state index in [2.05, 4.69) is 11.1 Å². The highest BCUT2D eigenvalue weighted by Crippen LogP contribution is 2.35. The van der Waals surface area contributed by atoms with Crippen LogP contribution in [0.25, 0.3) is 0 Å². The first-order chi connectivity index (χ1) is 10.2. The fraction of sp³-hybridized carbons (Fsp3) is 0.250. The van der Waals surface area contributed by atoms with Gasteiger partial charge in [0.25, 0.3) is 0 Å². The van der Waals surface area contributed by atoms with Gasteiger partial charge >= 0.3 is 0 Å². The van der Waals surface area contributed by atoms with Crippen molar-refractivity contribution in [2.45, 2.75) is 18.6 Å². The fourth-order valence-corrected chi connectivity index (χ4v) is 2.74. The minimum absolute atomic E-state index is 0.142. The van der Waals surface area contributed by atoms with Crippen molar-refractivity contribution < 1.29 is 9.50 Å². The molecular formula is C16H14FN3O. The van der Waals surface area contributed by atoms with Crippen LogP contribution in [0.15, 0.2) is 42.6 Å². The number of nitriles is 1. The molecule has 0 spiro atoms. The van der Waals surface area contributed by atoms with Crippen LogP contribution >= 0.6 is 0 Å². The second-order valence-corrected chi connectivity index (χ2v) is 5.13. The van der Waals surface area contributed by atoms with Gasteiger partial charge in [-0.1, -0.05) is 12.1 Å². The summed E-state index contributed by atoms with van der Waals surface area (Å²) in [6, 6.07) is 11.6. The van der Waals surface area contributed by atoms with Crippen LogP contribution in [0.5, 0.6) is 0 Å². The number of hydrogen-bond donors (Lipinski definition) is 1. The topological polar surface area (TPSA) is 60.2 Å². The van der Waals surface area contributed by atoms with E-state index in [1.54, 1.807) is 24.4 Å². The number of pyridine rings is 1. The monoisotopic (exact) mass is 283 g/mol. The molecule has 0 bridgehead atoms. The molecule has 1 aliphatic rings. The van der Waals surface area contributed by atoms with E-state index in [-0.39, 0.29) is 11.9 Å². The number of β-amino-alcohol motifs (C(OH)–C–C–N with tert-alkyl or cyclic N) is 1. The summed E-state index contributed by atoms with van der Waals surface area (Å²) in [7, 11) is 0. The van der Waals surface area contributed by atoms with E-state index in [0.29, 0.717) is 24.3 Å². The number of aliphatic hydroxyl groups excluding tert-OH is 1. The van der Waals surface area contributed by atoms with Gasteiger partial charge in [-0.05, 0) is 36.2 Å². The van der Waals surface area contributed by atoms with Crippen LogP contribution in [0.2, 0.25) is 0 Å². The molecule has 2 heterocycles. The van der Waals surface area contributed by atoms with Crippen LogP contribution in [0, 0.1) is 17.1 Å². The van der Waals surface area contributed by atoms with Crippen molar-refractivity contribution in [3.63, 3.8) is 0 Å². The highest BCUT2D eigenvalue weighted by Gasteiger charge is 2.33. The van der Waals surface area contributed by atoms with Crippen LogP contribution in [0.3, 0.4) is 0 Å². The molecule has 1 aromatic carbocycles. The molecular weight excluding hydrogens is 269 g/mol. The van der Waals surface area contributed by atoms with Gasteiger partial charge in [0.2, 0.25) is 0 Å². The number of aromatic nitrogens is 1. The Morgan fingerprint density at radius 2 is 2.19 bits per heavy atom. The third kappa shape index (κ3) is 2.71. The number of anilines is 1. The van der Waals surface area contributed by atoms with Gasteiger partial charge in [-0.2, -0.15) is 5.26 Å². The maximum atomic E-state index is 13.4. The predicted octanol–water partition coefficient (Wildman–Crippen LogP) is 2.40. The van der Waals surface area contributed by atoms with Crippen molar-refractivity contribution in [3.8, 4) is 6.07 Å². The van der Waals surface area contributed by atoms with Crippen LogP contribution in [-0.4, -0.2) is 22.7 Å². The Balaban J connectivity index is 1.97. The number of hydrogen-bond acceptors (Lipinski definition) is 4. The average molecular weight is 283 g/mol. The maximum Gasteiger partial charge on any atom is 0.130 e. The molecule has 5 heteroatoms. The fourth-order valence-electron chi connectivity index (χ4n) is 2.74. The Morgan fingerprint density at radius 3 is 2.95 bits per heavy atom. The van der Waals surface area contributed by atoms with Crippen molar-refractivity contribution in [3.05, 3.63) is 59.5 Å². The highest BCUT2D eigenvalue weighted by atomic mass is 19.1. The molecule has 106 valence electrons. The Hall–Kier alpha value is -2.45. The van der Waals surface area contributed by atoms with Gasteiger partial charge < -0.3 is 10.0 Å². The molecule has 1 saturated heterocycles. The Kier molecular flexibility index (Phi) is 3.55. The van der Waals surface area contributed by atoms with Gasteiger partial charge in [-0.3, -0.25) is 0 Å². The predicted molar refractivity (Wildman–Crippen MR) is 76.1 cm³/mol. The molecule has 1 aromatic heterocycles. The lowest BCUT2D eigenvalue weighted by Gasteiger charge is -2.25. The van der Waals surface area contributed by atoms with E-state index >= 15 is 0 Å². The molecule has 2 aromatic rings. The van der Waals surface area contributed by atoms with E-state index in [1.807, 2.05) is 11.0 Å². The zero-order valence-electron chi connectivity index (χ0n) is 11.3. The maximum absolute atomic E-state index is 13.4. The molecule has 1 N–H and O–H groups in total. The summed E-state index contributed by atoms with van der Waals surface area (Å²) in [5.41, 5.74) is 1.31. The van der Waals surface area contributed by atoms with E-state index in [4.69, 9.17) is 5.26 Å². The van der Waals surface area contributed by atoms with Gasteiger partial charge in [0.05, 0.1) is 23.8 Å². The van der Waals surface area contributed by atoms with E-state index in [9.17, 15) is 9.50 Å². The number of halogens is 1. The molecule has 0 unspecified atom stereocenters. The van der Waals surface area contributed by atoms with Gasteiger partial charge in [0.15, 0.2) is 0 Å². The van der Waals surface area contributed by atoms with E-state index in [1.165, 1.54) is 12.1 Å². The van der Waals surface area contributed by atoms with Crippen LogP contribution in [-0.2, 0) is 0 Å². The molecule has 4 nitrogen and oxygen atoms in total. The standard InChI is InChI=1S/C16H14FN3O/c17-13-3-1-2-12(7-13)15-8-14(21)10-20(15)16-6-11(9-18)4-5-19-16/h1-7,14-15,21H,8,10H2/t14-,15-/m1/s1. The van der Waals surface area contributed by atoms with Crippen LogP contribution in [0.4, 0.5) is 10.2 Å². The number of aliphatic hydroxyl groups is 1. The lowest BCUT2D eigenvalue weighted by atomic mass is 10.0. The minimum Gasteiger partial charge on any atom is -0.391 e. The molecule has 0 radical (unpaired) electrons. The summed E-state index contributed by atoms with van der Waals surface area (Å²) in [5, 5.41) is 18.9. The Bertz CT molecular complexity index is 698. The molecule has 1 aliphatic heterocycles. The van der Waals surface area contributed by atoms with Gasteiger partial charge in [-0.25, -0.2) is 9.37 Å². The number of rotatable bonds is 2. The lowest BCUT2D eigenvalue weighted by Crippen LogP contribution is -2.25. The first-order valence-corrected chi connectivity index (χ1v) is 6.73. The summed E-state index contributed by atoms with van der Waals surface area (Å²) < 4.78 is 13.4. The third-order valence-corrected chi connectivity index (χ3v) is 3.68. The zero-order valence-corrected chi connectivity index (χ0v) is 11.3. The summed E-state index contributed by atoms with van der Waals surface area (Å²) >= 11 is 0.